The molecule has 7 nitrogen and oxygen atoms in total. The van der Waals surface area contributed by atoms with Crippen molar-refractivity contribution in [1.29, 1.82) is 0 Å². The van der Waals surface area contributed by atoms with E-state index < -0.39 is 11.6 Å². The number of hydrogen-bond donors (Lipinski definition) is 0. The predicted molar refractivity (Wildman–Crippen MR) is 102 cm³/mol. The number of ether oxygens (including phenoxy) is 2. The SMILES string of the molecule is COC(=O)c1cc2ccc(Cl)nc2n1[C@H]1C[C@H](N(C)C(=O)OC(C)(C)C)C1. The minimum absolute atomic E-state index is 0.0254. The van der Waals surface area contributed by atoms with Gasteiger partial charge in [0.2, 0.25) is 0 Å². The summed E-state index contributed by atoms with van der Waals surface area (Å²) in [5, 5.41) is 1.18. The summed E-state index contributed by atoms with van der Waals surface area (Å²) >= 11 is 6.05. The summed E-state index contributed by atoms with van der Waals surface area (Å²) in [6.45, 7) is 5.52. The number of carbonyl (C=O) groups excluding carboxylic acids is 2. The second kappa shape index (κ2) is 7.03. The zero-order valence-electron chi connectivity index (χ0n) is 16.2. The Balaban J connectivity index is 1.82. The van der Waals surface area contributed by atoms with Crippen LogP contribution < -0.4 is 0 Å². The Kier molecular flexibility index (Phi) is 5.08. The second-order valence-corrected chi connectivity index (χ2v) is 8.20. The molecule has 0 atom stereocenters. The van der Waals surface area contributed by atoms with Crippen molar-refractivity contribution < 1.29 is 19.1 Å². The van der Waals surface area contributed by atoms with E-state index in [2.05, 4.69) is 4.98 Å². The summed E-state index contributed by atoms with van der Waals surface area (Å²) in [7, 11) is 3.09. The van der Waals surface area contributed by atoms with Gasteiger partial charge in [0, 0.05) is 24.5 Å². The number of pyridine rings is 1. The van der Waals surface area contributed by atoms with Crippen molar-refractivity contribution in [3.05, 3.63) is 29.0 Å². The Hall–Kier alpha value is -2.28. The number of methoxy groups -OCH3 is 1. The average molecular weight is 394 g/mol. The number of amides is 1. The molecule has 146 valence electrons. The molecule has 0 aliphatic heterocycles. The van der Waals surface area contributed by atoms with Gasteiger partial charge in [0.15, 0.2) is 0 Å². The molecule has 0 saturated heterocycles. The number of fused-ring (bicyclic) bond motifs is 1. The van der Waals surface area contributed by atoms with E-state index in [1.165, 1.54) is 7.11 Å². The maximum absolute atomic E-state index is 12.3. The highest BCUT2D eigenvalue weighted by atomic mass is 35.5. The highest BCUT2D eigenvalue weighted by molar-refractivity contribution is 6.29. The van der Waals surface area contributed by atoms with Gasteiger partial charge in [-0.25, -0.2) is 14.6 Å². The molecule has 0 bridgehead atoms. The molecule has 0 spiro atoms. The molecule has 1 fully saturated rings. The third-order valence-electron chi connectivity index (χ3n) is 4.73. The summed E-state index contributed by atoms with van der Waals surface area (Å²) in [6.07, 6.45) is 1.03. The van der Waals surface area contributed by atoms with E-state index in [0.29, 0.717) is 29.3 Å². The van der Waals surface area contributed by atoms with E-state index in [4.69, 9.17) is 21.1 Å². The average Bonchev–Trinajstić information content (AvgIpc) is 2.89. The number of aromatic nitrogens is 2. The summed E-state index contributed by atoms with van der Waals surface area (Å²) < 4.78 is 12.2. The topological polar surface area (TPSA) is 73.7 Å². The first-order chi connectivity index (χ1) is 12.6. The predicted octanol–water partition coefficient (Wildman–Crippen LogP) is 4.05. The highest BCUT2D eigenvalue weighted by Gasteiger charge is 2.39. The fourth-order valence-corrected chi connectivity index (χ4v) is 3.42. The van der Waals surface area contributed by atoms with Crippen molar-refractivity contribution >= 4 is 34.7 Å². The van der Waals surface area contributed by atoms with Crippen molar-refractivity contribution in [2.24, 2.45) is 0 Å². The molecule has 2 heterocycles. The first-order valence-corrected chi connectivity index (χ1v) is 9.20. The molecule has 0 radical (unpaired) electrons. The normalized spacial score (nSPS) is 19.5. The lowest BCUT2D eigenvalue weighted by Gasteiger charge is -2.42. The molecule has 3 rings (SSSR count). The number of halogens is 1. The zero-order valence-corrected chi connectivity index (χ0v) is 16.9. The van der Waals surface area contributed by atoms with Gasteiger partial charge in [0.1, 0.15) is 22.1 Å². The molecule has 0 aromatic carbocycles. The first kappa shape index (κ1) is 19.5. The molecule has 2 aromatic heterocycles. The third kappa shape index (κ3) is 3.88. The van der Waals surface area contributed by atoms with Gasteiger partial charge in [-0.2, -0.15) is 0 Å². The quantitative estimate of drug-likeness (QED) is 0.581. The maximum atomic E-state index is 12.3. The molecule has 1 aliphatic rings. The Labute approximate surface area is 163 Å². The number of carbonyl (C=O) groups is 2. The Morgan fingerprint density at radius 3 is 2.56 bits per heavy atom. The Morgan fingerprint density at radius 1 is 1.30 bits per heavy atom. The van der Waals surface area contributed by atoms with Gasteiger partial charge < -0.3 is 18.9 Å². The van der Waals surface area contributed by atoms with Crippen LogP contribution in [0.15, 0.2) is 18.2 Å². The lowest BCUT2D eigenvalue weighted by molar-refractivity contribution is 0.00757. The number of hydrogen-bond acceptors (Lipinski definition) is 5. The van der Waals surface area contributed by atoms with Crippen LogP contribution in [0.25, 0.3) is 11.0 Å². The van der Waals surface area contributed by atoms with Gasteiger partial charge >= 0.3 is 12.1 Å². The van der Waals surface area contributed by atoms with Crippen molar-refractivity contribution in [2.75, 3.05) is 14.2 Å². The van der Waals surface area contributed by atoms with Crippen molar-refractivity contribution in [2.45, 2.75) is 51.3 Å². The van der Waals surface area contributed by atoms with Crippen LogP contribution in [-0.4, -0.2) is 52.3 Å². The van der Waals surface area contributed by atoms with Crippen LogP contribution in [0.4, 0.5) is 4.79 Å². The van der Waals surface area contributed by atoms with Gasteiger partial charge in [-0.1, -0.05) is 11.6 Å². The van der Waals surface area contributed by atoms with E-state index >= 15 is 0 Å². The van der Waals surface area contributed by atoms with Crippen LogP contribution in [0.2, 0.25) is 5.15 Å². The van der Waals surface area contributed by atoms with E-state index in [-0.39, 0.29) is 18.2 Å². The van der Waals surface area contributed by atoms with Gasteiger partial charge in [-0.15, -0.1) is 0 Å². The summed E-state index contributed by atoms with van der Waals surface area (Å²) in [4.78, 5) is 30.5. The molecule has 2 aromatic rings. The van der Waals surface area contributed by atoms with Crippen LogP contribution in [0.5, 0.6) is 0 Å². The molecule has 0 N–H and O–H groups in total. The van der Waals surface area contributed by atoms with Gasteiger partial charge in [-0.3, -0.25) is 0 Å². The number of rotatable bonds is 3. The Bertz CT molecular complexity index is 881. The van der Waals surface area contributed by atoms with Gasteiger partial charge in [-0.05, 0) is 51.8 Å². The molecule has 1 saturated carbocycles. The summed E-state index contributed by atoms with van der Waals surface area (Å²) in [6, 6.07) is 5.34. The molecule has 0 unspecified atom stereocenters. The lowest BCUT2D eigenvalue weighted by atomic mass is 9.85. The first-order valence-electron chi connectivity index (χ1n) is 8.82. The number of esters is 1. The van der Waals surface area contributed by atoms with E-state index in [1.54, 1.807) is 24.1 Å². The van der Waals surface area contributed by atoms with Crippen LogP contribution in [0.1, 0.15) is 50.1 Å². The van der Waals surface area contributed by atoms with Gasteiger partial charge in [0.25, 0.3) is 0 Å². The van der Waals surface area contributed by atoms with E-state index in [1.807, 2.05) is 31.4 Å². The summed E-state index contributed by atoms with van der Waals surface area (Å²) in [5.74, 6) is -0.423. The van der Waals surface area contributed by atoms with Crippen molar-refractivity contribution in [1.82, 2.24) is 14.5 Å². The minimum atomic E-state index is -0.538. The molecule has 27 heavy (non-hydrogen) atoms. The lowest BCUT2D eigenvalue weighted by Crippen LogP contribution is -2.48. The smallest absolute Gasteiger partial charge is 0.410 e. The fourth-order valence-electron chi connectivity index (χ4n) is 3.27. The van der Waals surface area contributed by atoms with Crippen LogP contribution in [0.3, 0.4) is 0 Å². The molecular formula is C19H24ClN3O4. The van der Waals surface area contributed by atoms with E-state index in [9.17, 15) is 9.59 Å². The maximum Gasteiger partial charge on any atom is 0.410 e. The molecule has 8 heteroatoms. The van der Waals surface area contributed by atoms with Crippen LogP contribution in [0, 0.1) is 0 Å². The summed E-state index contributed by atoms with van der Waals surface area (Å²) in [5.41, 5.74) is 0.543. The van der Waals surface area contributed by atoms with Crippen molar-refractivity contribution in [3.63, 3.8) is 0 Å². The fraction of sp³-hybridized carbons (Fsp3) is 0.526. The highest BCUT2D eigenvalue weighted by Crippen LogP contribution is 2.39. The molecule has 1 amide bonds. The largest absolute Gasteiger partial charge is 0.464 e. The van der Waals surface area contributed by atoms with Crippen molar-refractivity contribution in [3.8, 4) is 0 Å². The van der Waals surface area contributed by atoms with Gasteiger partial charge in [0.05, 0.1) is 7.11 Å². The van der Waals surface area contributed by atoms with Crippen LogP contribution >= 0.6 is 11.6 Å². The monoisotopic (exact) mass is 393 g/mol. The molecule has 1 aliphatic carbocycles. The Morgan fingerprint density at radius 2 is 1.96 bits per heavy atom. The second-order valence-electron chi connectivity index (χ2n) is 7.81. The van der Waals surface area contributed by atoms with Crippen LogP contribution in [-0.2, 0) is 9.47 Å². The minimum Gasteiger partial charge on any atom is -0.464 e. The molecular weight excluding hydrogens is 370 g/mol. The number of nitrogens with zero attached hydrogens (tertiary/aromatic N) is 3. The van der Waals surface area contributed by atoms with E-state index in [0.717, 1.165) is 5.39 Å². The zero-order chi connectivity index (χ0) is 19.9. The third-order valence-corrected chi connectivity index (χ3v) is 4.94. The standard InChI is InChI=1S/C19H24ClN3O4/c1-19(2,3)27-18(25)22(4)12-9-13(10-12)23-14(17(24)26-5)8-11-6-7-15(20)21-16(11)23/h6-8,12-13H,9-10H2,1-5H3/t12-,13-.